The van der Waals surface area contributed by atoms with Crippen LogP contribution in [-0.4, -0.2) is 35.7 Å². The molecule has 0 aliphatic heterocycles. The number of methoxy groups -OCH3 is 1. The number of aromatic amines is 1. The van der Waals surface area contributed by atoms with Gasteiger partial charge in [0.2, 0.25) is 5.91 Å². The molecular formula is C11H19N3O2S. The molecule has 0 fully saturated rings. The number of carbonyl (C=O) groups is 1. The van der Waals surface area contributed by atoms with Gasteiger partial charge in [-0.1, -0.05) is 6.92 Å². The molecule has 1 unspecified atom stereocenters. The molecule has 1 atom stereocenters. The first kappa shape index (κ1) is 13.9. The first-order valence-electron chi connectivity index (χ1n) is 5.67. The van der Waals surface area contributed by atoms with E-state index in [4.69, 9.17) is 17.0 Å². The van der Waals surface area contributed by atoms with E-state index in [1.54, 1.807) is 7.11 Å². The fourth-order valence-electron chi connectivity index (χ4n) is 1.65. The number of amides is 1. The maximum atomic E-state index is 11.9. The minimum atomic E-state index is -0.305. The van der Waals surface area contributed by atoms with Crippen LogP contribution in [-0.2, 0) is 16.0 Å². The average Bonchev–Trinajstić information content (AvgIpc) is 2.69. The van der Waals surface area contributed by atoms with Crippen LogP contribution in [0.3, 0.4) is 0 Å². The second-order valence-corrected chi connectivity index (χ2v) is 4.16. The number of carbonyl (C=O) groups excluding carboxylic acids is 1. The maximum absolute atomic E-state index is 11.9. The molecule has 0 aromatic carbocycles. The zero-order chi connectivity index (χ0) is 12.8. The van der Waals surface area contributed by atoms with Crippen molar-refractivity contribution < 1.29 is 9.53 Å². The van der Waals surface area contributed by atoms with Crippen molar-refractivity contribution in [1.29, 1.82) is 0 Å². The summed E-state index contributed by atoms with van der Waals surface area (Å²) in [5, 5.41) is 2.81. The number of hydrogen-bond acceptors (Lipinski definition) is 3. The van der Waals surface area contributed by atoms with E-state index < -0.39 is 0 Å². The molecule has 0 saturated heterocycles. The number of aromatic nitrogens is 2. The van der Waals surface area contributed by atoms with Gasteiger partial charge in [0.1, 0.15) is 6.04 Å². The van der Waals surface area contributed by atoms with Crippen LogP contribution in [0.1, 0.15) is 25.6 Å². The zero-order valence-corrected chi connectivity index (χ0v) is 11.3. The third-order valence-electron chi connectivity index (χ3n) is 2.62. The Labute approximate surface area is 106 Å². The number of nitrogens with one attached hydrogen (secondary N) is 2. The number of imidazole rings is 1. The van der Waals surface area contributed by atoms with E-state index in [1.165, 1.54) is 0 Å². The molecule has 0 aliphatic rings. The van der Waals surface area contributed by atoms with Crippen LogP contribution < -0.4 is 5.32 Å². The van der Waals surface area contributed by atoms with E-state index in [9.17, 15) is 4.79 Å². The van der Waals surface area contributed by atoms with Crippen molar-refractivity contribution in [3.8, 4) is 0 Å². The van der Waals surface area contributed by atoms with Gasteiger partial charge >= 0.3 is 0 Å². The first-order valence-corrected chi connectivity index (χ1v) is 6.08. The number of H-pyrrole nitrogens is 1. The van der Waals surface area contributed by atoms with E-state index in [0.717, 1.165) is 12.1 Å². The average molecular weight is 257 g/mol. The molecule has 1 amide bonds. The zero-order valence-electron chi connectivity index (χ0n) is 10.4. The van der Waals surface area contributed by atoms with Gasteiger partial charge in [0.05, 0.1) is 6.61 Å². The minimum Gasteiger partial charge on any atom is -0.383 e. The summed E-state index contributed by atoms with van der Waals surface area (Å²) in [6.07, 6.45) is 2.68. The highest BCUT2D eigenvalue weighted by atomic mass is 32.1. The van der Waals surface area contributed by atoms with Gasteiger partial charge in [-0.25, -0.2) is 0 Å². The van der Waals surface area contributed by atoms with Gasteiger partial charge in [-0.05, 0) is 25.6 Å². The Hall–Kier alpha value is -1.14. The van der Waals surface area contributed by atoms with Crippen LogP contribution in [0.2, 0.25) is 0 Å². The minimum absolute atomic E-state index is 0.0487. The number of hydrogen-bond donors (Lipinski definition) is 2. The second-order valence-electron chi connectivity index (χ2n) is 3.77. The Kier molecular flexibility index (Phi) is 5.37. The summed E-state index contributed by atoms with van der Waals surface area (Å²) in [4.78, 5) is 14.9. The summed E-state index contributed by atoms with van der Waals surface area (Å²) in [6.45, 7) is 4.89. The lowest BCUT2D eigenvalue weighted by Crippen LogP contribution is -2.33. The summed E-state index contributed by atoms with van der Waals surface area (Å²) in [6, 6.07) is -0.305. The highest BCUT2D eigenvalue weighted by Crippen LogP contribution is 2.12. The van der Waals surface area contributed by atoms with Crippen LogP contribution in [0.15, 0.2) is 6.20 Å². The molecule has 0 bridgehead atoms. The molecule has 1 aromatic rings. The summed E-state index contributed by atoms with van der Waals surface area (Å²) >= 11 is 5.17. The summed E-state index contributed by atoms with van der Waals surface area (Å²) in [7, 11) is 1.60. The van der Waals surface area contributed by atoms with Crippen LogP contribution in [0.25, 0.3) is 0 Å². The van der Waals surface area contributed by atoms with Gasteiger partial charge < -0.3 is 19.6 Å². The lowest BCUT2D eigenvalue weighted by atomic mass is 10.2. The van der Waals surface area contributed by atoms with Crippen molar-refractivity contribution in [3.05, 3.63) is 16.7 Å². The Morgan fingerprint density at radius 2 is 2.41 bits per heavy atom. The molecule has 0 spiro atoms. The number of ether oxygens (including phenoxy) is 1. The smallest absolute Gasteiger partial charge is 0.242 e. The fourth-order valence-corrected chi connectivity index (χ4v) is 1.99. The van der Waals surface area contributed by atoms with Crippen molar-refractivity contribution in [2.24, 2.45) is 0 Å². The third-order valence-corrected chi connectivity index (χ3v) is 2.94. The Bertz CT molecular complexity index is 425. The lowest BCUT2D eigenvalue weighted by Gasteiger charge is -2.16. The van der Waals surface area contributed by atoms with Gasteiger partial charge in [-0.3, -0.25) is 4.79 Å². The highest BCUT2D eigenvalue weighted by molar-refractivity contribution is 7.71. The largest absolute Gasteiger partial charge is 0.383 e. The van der Waals surface area contributed by atoms with Gasteiger partial charge in [0.15, 0.2) is 4.77 Å². The Morgan fingerprint density at radius 1 is 1.71 bits per heavy atom. The van der Waals surface area contributed by atoms with E-state index in [0.29, 0.717) is 17.9 Å². The molecule has 5 nitrogen and oxygen atoms in total. The predicted molar refractivity (Wildman–Crippen MR) is 68.6 cm³/mol. The third kappa shape index (κ3) is 3.41. The van der Waals surface area contributed by atoms with E-state index in [-0.39, 0.29) is 11.9 Å². The van der Waals surface area contributed by atoms with Gasteiger partial charge in [0, 0.05) is 25.5 Å². The summed E-state index contributed by atoms with van der Waals surface area (Å²) in [5.74, 6) is -0.0487. The van der Waals surface area contributed by atoms with Crippen molar-refractivity contribution in [1.82, 2.24) is 14.9 Å². The molecule has 1 heterocycles. The predicted octanol–water partition coefficient (Wildman–Crippen LogP) is 1.43. The standard InChI is InChI=1S/C11H19N3O2S/c1-4-9-7-13-11(17)14(9)8(2)10(15)12-5-6-16-3/h7-8H,4-6H2,1-3H3,(H,12,15)(H,13,17). The molecule has 0 saturated carbocycles. The van der Waals surface area contributed by atoms with E-state index in [1.807, 2.05) is 24.6 Å². The summed E-state index contributed by atoms with van der Waals surface area (Å²) < 4.78 is 7.31. The van der Waals surface area contributed by atoms with Gasteiger partial charge in [-0.2, -0.15) is 0 Å². The van der Waals surface area contributed by atoms with Crippen molar-refractivity contribution in [2.75, 3.05) is 20.3 Å². The highest BCUT2D eigenvalue weighted by Gasteiger charge is 2.17. The number of rotatable bonds is 6. The first-order chi connectivity index (χ1) is 8.11. The molecule has 17 heavy (non-hydrogen) atoms. The van der Waals surface area contributed by atoms with Crippen LogP contribution in [0, 0.1) is 4.77 Å². The maximum Gasteiger partial charge on any atom is 0.242 e. The molecule has 0 radical (unpaired) electrons. The normalized spacial score (nSPS) is 12.4. The molecule has 0 aliphatic carbocycles. The lowest BCUT2D eigenvalue weighted by molar-refractivity contribution is -0.124. The van der Waals surface area contributed by atoms with Gasteiger partial charge in [-0.15, -0.1) is 0 Å². The van der Waals surface area contributed by atoms with Crippen LogP contribution >= 0.6 is 12.2 Å². The van der Waals surface area contributed by atoms with Crippen LogP contribution in [0.5, 0.6) is 0 Å². The monoisotopic (exact) mass is 257 g/mol. The van der Waals surface area contributed by atoms with Gasteiger partial charge in [0.25, 0.3) is 0 Å². The molecule has 6 heteroatoms. The summed E-state index contributed by atoms with van der Waals surface area (Å²) in [5.41, 5.74) is 1.03. The molecule has 96 valence electrons. The molecule has 1 rings (SSSR count). The van der Waals surface area contributed by atoms with E-state index >= 15 is 0 Å². The SMILES string of the molecule is CCc1c[nH]c(=S)n1C(C)C(=O)NCCOC. The topological polar surface area (TPSA) is 59.0 Å². The molecule has 1 aromatic heterocycles. The van der Waals surface area contributed by atoms with Crippen molar-refractivity contribution >= 4 is 18.1 Å². The fraction of sp³-hybridized carbons (Fsp3) is 0.636. The second kappa shape index (κ2) is 6.56. The van der Waals surface area contributed by atoms with E-state index in [2.05, 4.69) is 10.3 Å². The van der Waals surface area contributed by atoms with Crippen molar-refractivity contribution in [3.63, 3.8) is 0 Å². The Balaban J connectivity index is 2.74. The number of nitrogens with zero attached hydrogens (tertiary/aromatic N) is 1. The Morgan fingerprint density at radius 3 is 3.00 bits per heavy atom. The number of aryl methyl sites for hydroxylation is 1. The molecular weight excluding hydrogens is 238 g/mol. The van der Waals surface area contributed by atoms with Crippen LogP contribution in [0.4, 0.5) is 0 Å². The van der Waals surface area contributed by atoms with Crippen molar-refractivity contribution in [2.45, 2.75) is 26.3 Å². The molecule has 2 N–H and O–H groups in total. The quantitative estimate of drug-likeness (QED) is 0.599.